The van der Waals surface area contributed by atoms with E-state index in [-0.39, 0.29) is 12.3 Å². The van der Waals surface area contributed by atoms with Gasteiger partial charge in [0.15, 0.2) is 5.78 Å². The van der Waals surface area contributed by atoms with Gasteiger partial charge in [-0.05, 0) is 18.2 Å². The lowest BCUT2D eigenvalue weighted by molar-refractivity contribution is 0.100. The van der Waals surface area contributed by atoms with Crippen molar-refractivity contribution < 1.29 is 9.21 Å². The van der Waals surface area contributed by atoms with E-state index in [1.165, 1.54) is 6.26 Å². The van der Waals surface area contributed by atoms with Gasteiger partial charge in [0.2, 0.25) is 0 Å². The van der Waals surface area contributed by atoms with E-state index in [1.807, 2.05) is 18.2 Å². The SMILES string of the molecule is NCC(=O)c1coc2cc(Br)ccc12. The molecule has 0 aliphatic rings. The van der Waals surface area contributed by atoms with Crippen LogP contribution < -0.4 is 5.73 Å². The van der Waals surface area contributed by atoms with E-state index in [2.05, 4.69) is 15.9 Å². The summed E-state index contributed by atoms with van der Waals surface area (Å²) in [6.45, 7) is 0.00466. The molecule has 14 heavy (non-hydrogen) atoms. The van der Waals surface area contributed by atoms with Crippen LogP contribution in [0.2, 0.25) is 0 Å². The van der Waals surface area contributed by atoms with Crippen molar-refractivity contribution in [1.29, 1.82) is 0 Å². The molecule has 72 valence electrons. The summed E-state index contributed by atoms with van der Waals surface area (Å²) in [4.78, 5) is 11.4. The first-order valence-electron chi connectivity index (χ1n) is 4.12. The Bertz CT molecular complexity index is 490. The van der Waals surface area contributed by atoms with Gasteiger partial charge < -0.3 is 10.2 Å². The number of ketones is 1. The number of hydrogen-bond donors (Lipinski definition) is 1. The molecule has 0 radical (unpaired) electrons. The lowest BCUT2D eigenvalue weighted by atomic mass is 10.1. The second-order valence-electron chi connectivity index (χ2n) is 2.92. The Morgan fingerprint density at radius 1 is 1.50 bits per heavy atom. The van der Waals surface area contributed by atoms with Crippen LogP contribution in [0.4, 0.5) is 0 Å². The third-order valence-corrected chi connectivity index (χ3v) is 2.52. The molecule has 2 aromatic rings. The maximum atomic E-state index is 11.4. The van der Waals surface area contributed by atoms with Crippen molar-refractivity contribution >= 4 is 32.7 Å². The Hall–Kier alpha value is -1.13. The van der Waals surface area contributed by atoms with Crippen LogP contribution in [0, 0.1) is 0 Å². The highest BCUT2D eigenvalue weighted by atomic mass is 79.9. The molecule has 0 amide bonds. The van der Waals surface area contributed by atoms with E-state index in [1.54, 1.807) is 0 Å². The molecule has 2 N–H and O–H groups in total. The molecular weight excluding hydrogens is 246 g/mol. The van der Waals surface area contributed by atoms with Crippen molar-refractivity contribution in [3.63, 3.8) is 0 Å². The zero-order valence-electron chi connectivity index (χ0n) is 7.29. The quantitative estimate of drug-likeness (QED) is 0.837. The summed E-state index contributed by atoms with van der Waals surface area (Å²) in [5.74, 6) is -0.105. The number of furan rings is 1. The zero-order chi connectivity index (χ0) is 10.1. The number of carbonyl (C=O) groups excluding carboxylic acids is 1. The highest BCUT2D eigenvalue weighted by Crippen LogP contribution is 2.24. The largest absolute Gasteiger partial charge is 0.464 e. The van der Waals surface area contributed by atoms with E-state index in [9.17, 15) is 4.79 Å². The fraction of sp³-hybridized carbons (Fsp3) is 0.100. The molecule has 0 spiro atoms. The van der Waals surface area contributed by atoms with Crippen LogP contribution in [0.5, 0.6) is 0 Å². The van der Waals surface area contributed by atoms with Crippen LogP contribution in [0.3, 0.4) is 0 Å². The standard InChI is InChI=1S/C10H8BrNO2/c11-6-1-2-7-8(9(13)4-12)5-14-10(7)3-6/h1-3,5H,4,12H2. The Morgan fingerprint density at radius 2 is 2.29 bits per heavy atom. The van der Waals surface area contributed by atoms with Gasteiger partial charge in [-0.1, -0.05) is 15.9 Å². The fourth-order valence-electron chi connectivity index (χ4n) is 1.33. The molecule has 1 aromatic carbocycles. The van der Waals surface area contributed by atoms with Crippen molar-refractivity contribution in [3.05, 3.63) is 34.5 Å². The smallest absolute Gasteiger partial charge is 0.180 e. The number of halogens is 1. The third-order valence-electron chi connectivity index (χ3n) is 2.02. The first-order valence-corrected chi connectivity index (χ1v) is 4.91. The number of hydrogen-bond acceptors (Lipinski definition) is 3. The van der Waals surface area contributed by atoms with E-state index >= 15 is 0 Å². The number of fused-ring (bicyclic) bond motifs is 1. The van der Waals surface area contributed by atoms with Gasteiger partial charge in [0, 0.05) is 9.86 Å². The fourth-order valence-corrected chi connectivity index (χ4v) is 1.67. The Labute approximate surface area is 89.0 Å². The molecule has 0 fully saturated rings. The van der Waals surface area contributed by atoms with E-state index < -0.39 is 0 Å². The van der Waals surface area contributed by atoms with Crippen molar-refractivity contribution in [3.8, 4) is 0 Å². The number of carbonyl (C=O) groups is 1. The van der Waals surface area contributed by atoms with Gasteiger partial charge >= 0.3 is 0 Å². The minimum Gasteiger partial charge on any atom is -0.464 e. The zero-order valence-corrected chi connectivity index (χ0v) is 8.87. The third kappa shape index (κ3) is 1.47. The van der Waals surface area contributed by atoms with Crippen LogP contribution in [0.1, 0.15) is 10.4 Å². The van der Waals surface area contributed by atoms with Gasteiger partial charge in [0.25, 0.3) is 0 Å². The molecule has 0 atom stereocenters. The Balaban J connectivity index is 2.64. The highest BCUT2D eigenvalue weighted by Gasteiger charge is 2.11. The number of Topliss-reactive ketones (excluding diaryl/α,β-unsaturated/α-hetero) is 1. The monoisotopic (exact) mass is 253 g/mol. The molecule has 2 rings (SSSR count). The van der Waals surface area contributed by atoms with Gasteiger partial charge in [0.05, 0.1) is 12.1 Å². The predicted octanol–water partition coefficient (Wildman–Crippen LogP) is 2.34. The molecule has 0 unspecified atom stereocenters. The first-order chi connectivity index (χ1) is 6.72. The van der Waals surface area contributed by atoms with Gasteiger partial charge in [-0.3, -0.25) is 4.79 Å². The lowest BCUT2D eigenvalue weighted by Crippen LogP contribution is -2.12. The highest BCUT2D eigenvalue weighted by molar-refractivity contribution is 9.10. The average molecular weight is 254 g/mol. The summed E-state index contributed by atoms with van der Waals surface area (Å²) in [6.07, 6.45) is 1.45. The average Bonchev–Trinajstić information content (AvgIpc) is 2.59. The summed E-state index contributed by atoms with van der Waals surface area (Å²) in [5.41, 5.74) is 6.53. The van der Waals surface area contributed by atoms with E-state index in [4.69, 9.17) is 10.2 Å². The molecule has 4 heteroatoms. The van der Waals surface area contributed by atoms with E-state index in [0.717, 1.165) is 9.86 Å². The maximum absolute atomic E-state index is 11.4. The molecule has 0 aliphatic carbocycles. The molecule has 0 saturated carbocycles. The van der Waals surface area contributed by atoms with Crippen molar-refractivity contribution in [2.75, 3.05) is 6.54 Å². The molecule has 1 aromatic heterocycles. The summed E-state index contributed by atoms with van der Waals surface area (Å²) in [7, 11) is 0. The number of rotatable bonds is 2. The maximum Gasteiger partial charge on any atom is 0.180 e. The van der Waals surface area contributed by atoms with Crippen LogP contribution >= 0.6 is 15.9 Å². The molecule has 0 saturated heterocycles. The van der Waals surface area contributed by atoms with Crippen LogP contribution in [0.25, 0.3) is 11.0 Å². The molecule has 3 nitrogen and oxygen atoms in total. The minimum absolute atomic E-state index is 0.00466. The minimum atomic E-state index is -0.105. The van der Waals surface area contributed by atoms with Crippen molar-refractivity contribution in [2.24, 2.45) is 5.73 Å². The second-order valence-corrected chi connectivity index (χ2v) is 3.83. The lowest BCUT2D eigenvalue weighted by Gasteiger charge is -1.93. The van der Waals surface area contributed by atoms with Gasteiger partial charge in [-0.2, -0.15) is 0 Å². The Kier molecular flexibility index (Phi) is 2.39. The summed E-state index contributed by atoms with van der Waals surface area (Å²) in [6, 6.07) is 5.53. The van der Waals surface area contributed by atoms with E-state index in [0.29, 0.717) is 11.1 Å². The van der Waals surface area contributed by atoms with Crippen molar-refractivity contribution in [1.82, 2.24) is 0 Å². The molecular formula is C10H8BrNO2. The van der Waals surface area contributed by atoms with Gasteiger partial charge in [-0.25, -0.2) is 0 Å². The Morgan fingerprint density at radius 3 is 3.00 bits per heavy atom. The molecule has 0 aliphatic heterocycles. The second kappa shape index (κ2) is 3.55. The summed E-state index contributed by atoms with van der Waals surface area (Å²) in [5, 5.41) is 0.809. The first kappa shape index (κ1) is 9.43. The molecule has 1 heterocycles. The van der Waals surface area contributed by atoms with Gasteiger partial charge in [0.1, 0.15) is 11.8 Å². The number of benzene rings is 1. The van der Waals surface area contributed by atoms with Crippen molar-refractivity contribution in [2.45, 2.75) is 0 Å². The van der Waals surface area contributed by atoms with Crippen LogP contribution in [-0.4, -0.2) is 12.3 Å². The van der Waals surface area contributed by atoms with Gasteiger partial charge in [-0.15, -0.1) is 0 Å². The van der Waals surface area contributed by atoms with Crippen LogP contribution in [0.15, 0.2) is 33.4 Å². The number of nitrogens with two attached hydrogens (primary N) is 1. The van der Waals surface area contributed by atoms with Crippen LogP contribution in [-0.2, 0) is 0 Å². The molecule has 0 bridgehead atoms. The summed E-state index contributed by atoms with van der Waals surface area (Å²) < 4.78 is 6.17. The summed E-state index contributed by atoms with van der Waals surface area (Å²) >= 11 is 3.33. The predicted molar refractivity (Wildman–Crippen MR) is 57.3 cm³/mol. The normalized spacial score (nSPS) is 10.7. The topological polar surface area (TPSA) is 56.2 Å².